The third kappa shape index (κ3) is 0.809. The summed E-state index contributed by atoms with van der Waals surface area (Å²) in [6, 6.07) is 3.11. The van der Waals surface area contributed by atoms with E-state index in [1.54, 1.807) is 17.4 Å². The first-order valence-electron chi connectivity index (χ1n) is 3.67. The zero-order chi connectivity index (χ0) is 8.72. The standard InChI is InChI=1S/C8H8FN3/c1-5-3-4-7(9)8-11-10-6(2)12(5)8/h3-4H,1-2H3. The molecule has 2 rings (SSSR count). The number of hydrogen-bond donors (Lipinski definition) is 0. The molecule has 0 saturated carbocycles. The lowest BCUT2D eigenvalue weighted by atomic mass is 10.3. The molecule has 0 N–H and O–H groups in total. The lowest BCUT2D eigenvalue weighted by molar-refractivity contribution is 0.628. The first kappa shape index (κ1) is 7.21. The van der Waals surface area contributed by atoms with Crippen LogP contribution in [0.1, 0.15) is 11.5 Å². The predicted octanol–water partition coefficient (Wildman–Crippen LogP) is 1.49. The van der Waals surface area contributed by atoms with Crippen molar-refractivity contribution in [3.63, 3.8) is 0 Å². The molecule has 2 aromatic rings. The Morgan fingerprint density at radius 2 is 2.00 bits per heavy atom. The molecular weight excluding hydrogens is 157 g/mol. The maximum absolute atomic E-state index is 13.1. The Kier molecular flexibility index (Phi) is 1.36. The maximum Gasteiger partial charge on any atom is 0.197 e. The summed E-state index contributed by atoms with van der Waals surface area (Å²) >= 11 is 0. The topological polar surface area (TPSA) is 30.2 Å². The minimum Gasteiger partial charge on any atom is -0.281 e. The molecule has 0 fully saturated rings. The quantitative estimate of drug-likeness (QED) is 0.592. The molecule has 0 radical (unpaired) electrons. The molecule has 2 heterocycles. The fourth-order valence-electron chi connectivity index (χ4n) is 1.28. The molecule has 0 aliphatic carbocycles. The van der Waals surface area contributed by atoms with E-state index in [1.807, 2.05) is 6.92 Å². The van der Waals surface area contributed by atoms with E-state index in [-0.39, 0.29) is 5.82 Å². The van der Waals surface area contributed by atoms with E-state index >= 15 is 0 Å². The Bertz CT molecular complexity index is 433. The van der Waals surface area contributed by atoms with E-state index in [0.717, 1.165) is 5.69 Å². The van der Waals surface area contributed by atoms with Crippen LogP contribution in [0, 0.1) is 19.7 Å². The van der Waals surface area contributed by atoms with E-state index < -0.39 is 0 Å². The highest BCUT2D eigenvalue weighted by Crippen LogP contribution is 2.10. The van der Waals surface area contributed by atoms with Crippen LogP contribution < -0.4 is 0 Å². The van der Waals surface area contributed by atoms with E-state index in [2.05, 4.69) is 10.2 Å². The van der Waals surface area contributed by atoms with Crippen molar-refractivity contribution in [2.45, 2.75) is 13.8 Å². The summed E-state index contributed by atoms with van der Waals surface area (Å²) in [6.45, 7) is 3.69. The maximum atomic E-state index is 13.1. The molecule has 0 aliphatic rings. The van der Waals surface area contributed by atoms with Crippen LogP contribution in [0.15, 0.2) is 12.1 Å². The van der Waals surface area contributed by atoms with Crippen molar-refractivity contribution in [3.8, 4) is 0 Å². The second kappa shape index (κ2) is 2.27. The third-order valence-corrected chi connectivity index (χ3v) is 1.86. The molecular formula is C8H8FN3. The minimum atomic E-state index is -0.332. The summed E-state index contributed by atoms with van der Waals surface area (Å²) in [7, 11) is 0. The van der Waals surface area contributed by atoms with Gasteiger partial charge in [0, 0.05) is 5.69 Å². The fraction of sp³-hybridized carbons (Fsp3) is 0.250. The van der Waals surface area contributed by atoms with Crippen molar-refractivity contribution in [3.05, 3.63) is 29.5 Å². The molecule has 0 spiro atoms. The van der Waals surface area contributed by atoms with Gasteiger partial charge in [0.25, 0.3) is 0 Å². The molecule has 0 aromatic carbocycles. The number of halogens is 1. The van der Waals surface area contributed by atoms with Crippen molar-refractivity contribution < 1.29 is 4.39 Å². The van der Waals surface area contributed by atoms with Crippen LogP contribution in [0.25, 0.3) is 5.65 Å². The second-order valence-electron chi connectivity index (χ2n) is 2.73. The molecule has 12 heavy (non-hydrogen) atoms. The highest BCUT2D eigenvalue weighted by atomic mass is 19.1. The van der Waals surface area contributed by atoms with Gasteiger partial charge in [0.15, 0.2) is 11.5 Å². The normalized spacial score (nSPS) is 10.9. The number of aromatic nitrogens is 3. The molecule has 4 heteroatoms. The first-order chi connectivity index (χ1) is 5.70. The summed E-state index contributed by atoms with van der Waals surface area (Å²) in [4.78, 5) is 0. The first-order valence-corrected chi connectivity index (χ1v) is 3.67. The van der Waals surface area contributed by atoms with Crippen LogP contribution in [-0.4, -0.2) is 14.6 Å². The van der Waals surface area contributed by atoms with Gasteiger partial charge in [0.1, 0.15) is 5.82 Å². The van der Waals surface area contributed by atoms with Crippen molar-refractivity contribution >= 4 is 5.65 Å². The molecule has 2 aromatic heterocycles. The summed E-state index contributed by atoms with van der Waals surface area (Å²) < 4.78 is 14.7. The SMILES string of the molecule is Cc1ccc(F)c2nnc(C)n12. The number of aryl methyl sites for hydroxylation is 2. The fourth-order valence-corrected chi connectivity index (χ4v) is 1.28. The van der Waals surface area contributed by atoms with Crippen molar-refractivity contribution in [1.82, 2.24) is 14.6 Å². The monoisotopic (exact) mass is 165 g/mol. The molecule has 0 amide bonds. The van der Waals surface area contributed by atoms with Gasteiger partial charge in [0.2, 0.25) is 0 Å². The van der Waals surface area contributed by atoms with Gasteiger partial charge in [-0.1, -0.05) is 0 Å². The number of nitrogens with zero attached hydrogens (tertiary/aromatic N) is 3. The summed E-state index contributed by atoms with van der Waals surface area (Å²) in [5.41, 5.74) is 1.24. The van der Waals surface area contributed by atoms with Crippen LogP contribution in [-0.2, 0) is 0 Å². The van der Waals surface area contributed by atoms with Gasteiger partial charge in [-0.25, -0.2) is 4.39 Å². The molecule has 0 aliphatic heterocycles. The van der Waals surface area contributed by atoms with Crippen LogP contribution in [0.4, 0.5) is 4.39 Å². The Hall–Kier alpha value is -1.45. The van der Waals surface area contributed by atoms with E-state index in [1.165, 1.54) is 6.07 Å². The van der Waals surface area contributed by atoms with Gasteiger partial charge < -0.3 is 0 Å². The largest absolute Gasteiger partial charge is 0.281 e. The van der Waals surface area contributed by atoms with Crippen LogP contribution in [0.2, 0.25) is 0 Å². The number of pyridine rings is 1. The van der Waals surface area contributed by atoms with E-state index in [9.17, 15) is 4.39 Å². The summed E-state index contributed by atoms with van der Waals surface area (Å²) in [5, 5.41) is 7.51. The molecule has 0 saturated heterocycles. The lowest BCUT2D eigenvalue weighted by Gasteiger charge is -1.99. The highest BCUT2D eigenvalue weighted by Gasteiger charge is 2.07. The van der Waals surface area contributed by atoms with Crippen molar-refractivity contribution in [1.29, 1.82) is 0 Å². The Morgan fingerprint density at radius 3 is 2.67 bits per heavy atom. The molecule has 0 atom stereocenters. The Labute approximate surface area is 68.9 Å². The van der Waals surface area contributed by atoms with Crippen LogP contribution in [0.5, 0.6) is 0 Å². The lowest BCUT2D eigenvalue weighted by Crippen LogP contribution is -1.95. The average molecular weight is 165 g/mol. The zero-order valence-electron chi connectivity index (χ0n) is 6.87. The van der Waals surface area contributed by atoms with Crippen LogP contribution in [0.3, 0.4) is 0 Å². The van der Waals surface area contributed by atoms with Gasteiger partial charge in [-0.2, -0.15) is 0 Å². The van der Waals surface area contributed by atoms with Gasteiger partial charge in [0.05, 0.1) is 0 Å². The highest BCUT2D eigenvalue weighted by molar-refractivity contribution is 5.41. The van der Waals surface area contributed by atoms with Gasteiger partial charge in [-0.3, -0.25) is 4.40 Å². The number of fused-ring (bicyclic) bond motifs is 1. The average Bonchev–Trinajstić information content (AvgIpc) is 2.42. The van der Waals surface area contributed by atoms with Crippen LogP contribution >= 0.6 is 0 Å². The second-order valence-corrected chi connectivity index (χ2v) is 2.73. The minimum absolute atomic E-state index is 0.299. The number of rotatable bonds is 0. The van der Waals surface area contributed by atoms with Crippen molar-refractivity contribution in [2.75, 3.05) is 0 Å². The van der Waals surface area contributed by atoms with E-state index in [0.29, 0.717) is 11.5 Å². The Balaban J connectivity index is 2.98. The molecule has 0 unspecified atom stereocenters. The van der Waals surface area contributed by atoms with Gasteiger partial charge >= 0.3 is 0 Å². The number of hydrogen-bond acceptors (Lipinski definition) is 2. The summed E-state index contributed by atoms with van der Waals surface area (Å²) in [5.74, 6) is 0.378. The Morgan fingerprint density at radius 1 is 1.25 bits per heavy atom. The van der Waals surface area contributed by atoms with E-state index in [4.69, 9.17) is 0 Å². The smallest absolute Gasteiger partial charge is 0.197 e. The predicted molar refractivity (Wildman–Crippen MR) is 42.4 cm³/mol. The third-order valence-electron chi connectivity index (χ3n) is 1.86. The van der Waals surface area contributed by atoms with Crippen molar-refractivity contribution in [2.24, 2.45) is 0 Å². The van der Waals surface area contributed by atoms with Gasteiger partial charge in [-0.05, 0) is 26.0 Å². The molecule has 62 valence electrons. The summed E-state index contributed by atoms with van der Waals surface area (Å²) in [6.07, 6.45) is 0. The molecule has 0 bridgehead atoms. The zero-order valence-corrected chi connectivity index (χ0v) is 6.87. The molecule has 3 nitrogen and oxygen atoms in total. The van der Waals surface area contributed by atoms with Gasteiger partial charge in [-0.15, -0.1) is 10.2 Å².